The Hall–Kier alpha value is -1.10. The molecule has 2 aliphatic heterocycles. The topological polar surface area (TPSA) is 41.7 Å². The van der Waals surface area contributed by atoms with Gasteiger partial charge in [-0.3, -0.25) is 9.80 Å². The van der Waals surface area contributed by atoms with Crippen LogP contribution in [0.2, 0.25) is 0 Å². The molecule has 0 aromatic heterocycles. The van der Waals surface area contributed by atoms with Crippen LogP contribution in [0.5, 0.6) is 5.75 Å². The average Bonchev–Trinajstić information content (AvgIpc) is 2.95. The average molecular weight is 289 g/mol. The zero-order valence-corrected chi connectivity index (χ0v) is 13.0. The van der Waals surface area contributed by atoms with Crippen molar-refractivity contribution in [2.45, 2.75) is 38.4 Å². The first-order valence-electron chi connectivity index (χ1n) is 8.17. The van der Waals surface area contributed by atoms with E-state index in [1.54, 1.807) is 0 Å². The van der Waals surface area contributed by atoms with Crippen molar-refractivity contribution in [1.82, 2.24) is 9.80 Å². The highest BCUT2D eigenvalue weighted by Crippen LogP contribution is 2.24. The van der Waals surface area contributed by atoms with E-state index in [9.17, 15) is 0 Å². The lowest BCUT2D eigenvalue weighted by Crippen LogP contribution is -2.55. The summed E-state index contributed by atoms with van der Waals surface area (Å²) < 4.78 is 5.96. The lowest BCUT2D eigenvalue weighted by molar-refractivity contribution is 0.0499. The van der Waals surface area contributed by atoms with Crippen LogP contribution in [0, 0.1) is 0 Å². The summed E-state index contributed by atoms with van der Waals surface area (Å²) >= 11 is 0. The molecule has 2 saturated heterocycles. The zero-order chi connectivity index (χ0) is 14.7. The number of piperazine rings is 1. The van der Waals surface area contributed by atoms with Gasteiger partial charge in [-0.15, -0.1) is 0 Å². The summed E-state index contributed by atoms with van der Waals surface area (Å²) in [4.78, 5) is 5.24. The predicted octanol–water partition coefficient (Wildman–Crippen LogP) is 1.69. The number of hydrogen-bond donors (Lipinski definition) is 1. The molecule has 4 nitrogen and oxygen atoms in total. The van der Waals surface area contributed by atoms with Crippen LogP contribution in [0.3, 0.4) is 0 Å². The smallest absolute Gasteiger partial charge is 0.123 e. The van der Waals surface area contributed by atoms with Gasteiger partial charge in [0.15, 0.2) is 0 Å². The number of para-hydroxylation sites is 1. The Morgan fingerprint density at radius 2 is 2.14 bits per heavy atom. The summed E-state index contributed by atoms with van der Waals surface area (Å²) in [5.74, 6) is 0.937. The second kappa shape index (κ2) is 6.77. The molecule has 0 spiro atoms. The maximum absolute atomic E-state index is 5.96. The van der Waals surface area contributed by atoms with Crippen LogP contribution in [-0.2, 0) is 6.54 Å². The first-order chi connectivity index (χ1) is 10.3. The molecule has 2 unspecified atom stereocenters. The molecule has 0 aliphatic carbocycles. The van der Waals surface area contributed by atoms with Gasteiger partial charge in [-0.05, 0) is 32.4 Å². The van der Waals surface area contributed by atoms with E-state index in [4.69, 9.17) is 10.5 Å². The fourth-order valence-corrected chi connectivity index (χ4v) is 3.65. The lowest BCUT2D eigenvalue weighted by Gasteiger charge is -2.42. The van der Waals surface area contributed by atoms with Crippen LogP contribution in [0.25, 0.3) is 0 Å². The lowest BCUT2D eigenvalue weighted by atomic mass is 10.1. The molecule has 1 aromatic rings. The van der Waals surface area contributed by atoms with E-state index in [0.29, 0.717) is 12.6 Å². The van der Waals surface area contributed by atoms with E-state index in [1.807, 2.05) is 24.3 Å². The monoisotopic (exact) mass is 289 g/mol. The van der Waals surface area contributed by atoms with Crippen LogP contribution in [0.4, 0.5) is 0 Å². The number of benzene rings is 1. The molecule has 2 heterocycles. The quantitative estimate of drug-likeness (QED) is 0.896. The maximum atomic E-state index is 5.96. The Balaban J connectivity index is 1.50. The molecule has 2 aliphatic rings. The van der Waals surface area contributed by atoms with Crippen molar-refractivity contribution < 1.29 is 4.74 Å². The van der Waals surface area contributed by atoms with Gasteiger partial charge in [-0.25, -0.2) is 0 Å². The Bertz CT molecular complexity index is 465. The number of rotatable bonds is 5. The molecule has 21 heavy (non-hydrogen) atoms. The number of nitrogens with zero attached hydrogens (tertiary/aromatic N) is 2. The minimum atomic E-state index is 0.535. The van der Waals surface area contributed by atoms with Crippen LogP contribution < -0.4 is 10.5 Å². The van der Waals surface area contributed by atoms with Gasteiger partial charge in [-0.2, -0.15) is 0 Å². The van der Waals surface area contributed by atoms with Gasteiger partial charge in [0.05, 0.1) is 0 Å². The predicted molar refractivity (Wildman–Crippen MR) is 85.5 cm³/mol. The molecule has 1 aromatic carbocycles. The summed E-state index contributed by atoms with van der Waals surface area (Å²) in [6.45, 7) is 8.32. The van der Waals surface area contributed by atoms with Gasteiger partial charge in [0.2, 0.25) is 0 Å². The SMILES string of the molecule is CC1CN2CCCC2CN1CCOc1ccccc1CN. The fourth-order valence-electron chi connectivity index (χ4n) is 3.65. The van der Waals surface area contributed by atoms with Crippen LogP contribution in [0.1, 0.15) is 25.3 Å². The van der Waals surface area contributed by atoms with Gasteiger partial charge in [-0.1, -0.05) is 18.2 Å². The van der Waals surface area contributed by atoms with E-state index < -0.39 is 0 Å². The highest BCUT2D eigenvalue weighted by molar-refractivity contribution is 5.32. The molecule has 0 bridgehead atoms. The largest absolute Gasteiger partial charge is 0.492 e. The Morgan fingerprint density at radius 3 is 3.00 bits per heavy atom. The molecule has 116 valence electrons. The third-order valence-corrected chi connectivity index (χ3v) is 4.89. The fraction of sp³-hybridized carbons (Fsp3) is 0.647. The summed E-state index contributed by atoms with van der Waals surface area (Å²) in [5.41, 5.74) is 6.84. The Labute approximate surface area is 127 Å². The normalized spacial score (nSPS) is 26.8. The Kier molecular flexibility index (Phi) is 4.78. The second-order valence-electron chi connectivity index (χ2n) is 6.30. The first kappa shape index (κ1) is 14.8. The first-order valence-corrected chi connectivity index (χ1v) is 8.17. The third-order valence-electron chi connectivity index (χ3n) is 4.89. The standard InChI is InChI=1S/C17H27N3O/c1-14-12-20-8-4-6-16(20)13-19(14)9-10-21-17-7-3-2-5-15(17)11-18/h2-3,5,7,14,16H,4,6,8-13,18H2,1H3. The van der Waals surface area contributed by atoms with Crippen LogP contribution in [-0.4, -0.2) is 54.7 Å². The molecule has 0 amide bonds. The third kappa shape index (κ3) is 3.39. The summed E-state index contributed by atoms with van der Waals surface area (Å²) in [7, 11) is 0. The summed E-state index contributed by atoms with van der Waals surface area (Å²) in [6, 6.07) is 9.48. The molecular formula is C17H27N3O. The zero-order valence-electron chi connectivity index (χ0n) is 13.0. The molecular weight excluding hydrogens is 262 g/mol. The molecule has 0 radical (unpaired) electrons. The minimum Gasteiger partial charge on any atom is -0.492 e. The van der Waals surface area contributed by atoms with E-state index in [0.717, 1.165) is 30.5 Å². The highest BCUT2D eigenvalue weighted by Gasteiger charge is 2.33. The van der Waals surface area contributed by atoms with E-state index in [1.165, 1.54) is 32.5 Å². The molecule has 2 atom stereocenters. The van der Waals surface area contributed by atoms with Crippen molar-refractivity contribution in [1.29, 1.82) is 0 Å². The molecule has 3 rings (SSSR count). The van der Waals surface area contributed by atoms with Crippen molar-refractivity contribution in [3.63, 3.8) is 0 Å². The maximum Gasteiger partial charge on any atom is 0.123 e. The molecule has 2 N–H and O–H groups in total. The molecule has 2 fully saturated rings. The molecule has 0 saturated carbocycles. The second-order valence-corrected chi connectivity index (χ2v) is 6.30. The number of nitrogens with two attached hydrogens (primary N) is 1. The Morgan fingerprint density at radius 1 is 1.29 bits per heavy atom. The number of ether oxygens (including phenoxy) is 1. The van der Waals surface area contributed by atoms with E-state index in [-0.39, 0.29) is 0 Å². The van der Waals surface area contributed by atoms with Gasteiger partial charge >= 0.3 is 0 Å². The van der Waals surface area contributed by atoms with Crippen molar-refractivity contribution in [2.75, 3.05) is 32.8 Å². The van der Waals surface area contributed by atoms with Gasteiger partial charge < -0.3 is 10.5 Å². The highest BCUT2D eigenvalue weighted by atomic mass is 16.5. The number of hydrogen-bond acceptors (Lipinski definition) is 4. The number of fused-ring (bicyclic) bond motifs is 1. The van der Waals surface area contributed by atoms with Crippen LogP contribution >= 0.6 is 0 Å². The van der Waals surface area contributed by atoms with Crippen molar-refractivity contribution >= 4 is 0 Å². The van der Waals surface area contributed by atoms with E-state index >= 15 is 0 Å². The van der Waals surface area contributed by atoms with Crippen molar-refractivity contribution in [3.8, 4) is 5.75 Å². The van der Waals surface area contributed by atoms with Gasteiger partial charge in [0.25, 0.3) is 0 Å². The van der Waals surface area contributed by atoms with Crippen molar-refractivity contribution in [2.24, 2.45) is 5.73 Å². The van der Waals surface area contributed by atoms with Gasteiger partial charge in [0.1, 0.15) is 12.4 Å². The van der Waals surface area contributed by atoms with E-state index in [2.05, 4.69) is 16.7 Å². The molecule has 4 heteroatoms. The summed E-state index contributed by atoms with van der Waals surface area (Å²) in [5, 5.41) is 0. The minimum absolute atomic E-state index is 0.535. The summed E-state index contributed by atoms with van der Waals surface area (Å²) in [6.07, 6.45) is 2.73. The van der Waals surface area contributed by atoms with Crippen LogP contribution in [0.15, 0.2) is 24.3 Å². The van der Waals surface area contributed by atoms with Crippen molar-refractivity contribution in [3.05, 3.63) is 29.8 Å². The van der Waals surface area contributed by atoms with Gasteiger partial charge in [0, 0.05) is 43.8 Å².